The summed E-state index contributed by atoms with van der Waals surface area (Å²) in [4.78, 5) is 30.2. The second-order valence-corrected chi connectivity index (χ2v) is 12.4. The molecule has 37 heavy (non-hydrogen) atoms. The highest BCUT2D eigenvalue weighted by Crippen LogP contribution is 2.56. The van der Waals surface area contributed by atoms with Crippen molar-refractivity contribution in [2.45, 2.75) is 15.8 Å². The van der Waals surface area contributed by atoms with Crippen LogP contribution in [0.15, 0.2) is 99.2 Å². The Bertz CT molecular complexity index is 1370. The van der Waals surface area contributed by atoms with E-state index in [0.717, 1.165) is 6.07 Å². The molecule has 0 aliphatic carbocycles. The first-order valence-corrected chi connectivity index (χ1v) is 13.9. The van der Waals surface area contributed by atoms with Gasteiger partial charge in [0.15, 0.2) is 0 Å². The van der Waals surface area contributed by atoms with E-state index in [1.807, 2.05) is 42.5 Å². The van der Waals surface area contributed by atoms with Gasteiger partial charge < -0.3 is 24.6 Å². The molecular weight excluding hydrogens is 490 g/mol. The first kappa shape index (κ1) is 25.8. The number of aromatic nitrogens is 1. The topological polar surface area (TPSA) is 105 Å². The average molecular weight is 520 g/mol. The minimum Gasteiger partial charge on any atom is -0.497 e. The Hall–Kier alpha value is -4.24. The maximum Gasteiger partial charge on any atom is 0.293 e. The van der Waals surface area contributed by atoms with Gasteiger partial charge in [-0.2, -0.15) is 10.0 Å². The van der Waals surface area contributed by atoms with Crippen molar-refractivity contribution in [3.05, 3.63) is 96.3 Å². The van der Waals surface area contributed by atoms with Gasteiger partial charge in [-0.15, -0.1) is 0 Å². The molecule has 2 N–H and O–H groups in total. The van der Waals surface area contributed by atoms with Crippen molar-refractivity contribution >= 4 is 27.5 Å². The van der Waals surface area contributed by atoms with E-state index in [2.05, 4.69) is 35.1 Å². The molecule has 192 valence electrons. The molecular formula is C28H29N3O5S. The molecule has 0 saturated carbocycles. The Kier molecular flexibility index (Phi) is 7.54. The summed E-state index contributed by atoms with van der Waals surface area (Å²) in [6.45, 7) is 0. The molecule has 1 unspecified atom stereocenters. The third-order valence-corrected chi connectivity index (χ3v) is 9.04. The normalized spacial score (nSPS) is 12.4. The Morgan fingerprint density at radius 1 is 0.973 bits per heavy atom. The van der Waals surface area contributed by atoms with Crippen LogP contribution in [0, 0.1) is 0 Å². The molecule has 1 atom stereocenters. The summed E-state index contributed by atoms with van der Waals surface area (Å²) in [7, 11) is 1.82. The molecule has 9 heteroatoms. The average Bonchev–Trinajstić information content (AvgIpc) is 3.35. The van der Waals surface area contributed by atoms with Gasteiger partial charge in [0.1, 0.15) is 11.8 Å². The van der Waals surface area contributed by atoms with E-state index in [1.165, 1.54) is 21.7 Å². The summed E-state index contributed by atoms with van der Waals surface area (Å²) >= 11 is 0. The molecule has 0 saturated heterocycles. The number of rotatable bonds is 8. The van der Waals surface area contributed by atoms with Crippen LogP contribution >= 0.6 is 10.0 Å². The van der Waals surface area contributed by atoms with Crippen LogP contribution in [0.25, 0.3) is 0 Å². The van der Waals surface area contributed by atoms with Crippen LogP contribution in [0.3, 0.4) is 0 Å². The van der Waals surface area contributed by atoms with Gasteiger partial charge in [-0.05, 0) is 81.6 Å². The quantitative estimate of drug-likeness (QED) is 0.326. The van der Waals surface area contributed by atoms with Gasteiger partial charge in [-0.3, -0.25) is 9.59 Å². The molecule has 4 aromatic rings. The van der Waals surface area contributed by atoms with Crippen molar-refractivity contribution in [1.29, 1.82) is 0 Å². The van der Waals surface area contributed by atoms with Gasteiger partial charge in [-0.1, -0.05) is 30.3 Å². The fourth-order valence-corrected chi connectivity index (χ4v) is 5.91. The monoisotopic (exact) mass is 519 g/mol. The zero-order valence-corrected chi connectivity index (χ0v) is 21.9. The van der Waals surface area contributed by atoms with E-state index >= 15 is 0 Å². The van der Waals surface area contributed by atoms with E-state index in [9.17, 15) is 14.7 Å². The number of likely N-dealkylation sites (N-methyl/N-ethyl adjacent to an activating group) is 1. The van der Waals surface area contributed by atoms with Gasteiger partial charge in [0.05, 0.1) is 13.2 Å². The van der Waals surface area contributed by atoms with Gasteiger partial charge in [0.25, 0.3) is 17.7 Å². The number of benzene rings is 3. The molecule has 0 radical (unpaired) electrons. The minimum atomic E-state index is -1.22. The third-order valence-electron chi connectivity index (χ3n) is 6.14. The Morgan fingerprint density at radius 3 is 2.16 bits per heavy atom. The lowest BCUT2D eigenvalue weighted by molar-refractivity contribution is -0.120. The number of carbonyl (C=O) groups is 2. The van der Waals surface area contributed by atoms with Crippen molar-refractivity contribution in [2.24, 2.45) is 0 Å². The van der Waals surface area contributed by atoms with E-state index in [-0.39, 0.29) is 5.76 Å². The number of methoxy groups -OCH3 is 1. The molecule has 1 aromatic heterocycles. The van der Waals surface area contributed by atoms with Crippen LogP contribution in [0.5, 0.6) is 11.6 Å². The zero-order valence-electron chi connectivity index (χ0n) is 21.0. The van der Waals surface area contributed by atoms with Gasteiger partial charge >= 0.3 is 0 Å². The fourth-order valence-electron chi connectivity index (χ4n) is 3.98. The predicted octanol–water partition coefficient (Wildman–Crippen LogP) is 5.32. The molecule has 0 aliphatic heterocycles. The van der Waals surface area contributed by atoms with Gasteiger partial charge in [0.2, 0.25) is 5.76 Å². The Balaban J connectivity index is 1.59. The SMILES string of the molecule is COc1ccc(C(C(=O)Nc2ccc(S(C)(C)c3ccccc3)cc2)N(C)C(=O)c2cc(O)no2)cc1. The molecule has 0 bridgehead atoms. The Labute approximate surface area is 217 Å². The van der Waals surface area contributed by atoms with Crippen LogP contribution in [0.1, 0.15) is 22.2 Å². The summed E-state index contributed by atoms with van der Waals surface area (Å²) in [5.41, 5.74) is 1.18. The van der Waals surface area contributed by atoms with E-state index in [1.54, 1.807) is 31.4 Å². The van der Waals surface area contributed by atoms with Crippen molar-refractivity contribution < 1.29 is 24.0 Å². The largest absolute Gasteiger partial charge is 0.497 e. The second-order valence-electron chi connectivity index (χ2n) is 8.79. The highest BCUT2D eigenvalue weighted by Gasteiger charge is 2.31. The summed E-state index contributed by atoms with van der Waals surface area (Å²) in [5.74, 6) is -0.986. The lowest BCUT2D eigenvalue weighted by Crippen LogP contribution is -2.38. The van der Waals surface area contributed by atoms with Gasteiger partial charge in [-0.25, -0.2) is 0 Å². The van der Waals surface area contributed by atoms with E-state index in [0.29, 0.717) is 17.0 Å². The molecule has 8 nitrogen and oxygen atoms in total. The van der Waals surface area contributed by atoms with Crippen molar-refractivity contribution in [1.82, 2.24) is 10.1 Å². The number of nitrogens with zero attached hydrogens (tertiary/aromatic N) is 2. The smallest absolute Gasteiger partial charge is 0.293 e. The van der Waals surface area contributed by atoms with Crippen LogP contribution in [0.2, 0.25) is 0 Å². The van der Waals surface area contributed by atoms with Crippen LogP contribution in [-0.2, 0) is 4.79 Å². The lowest BCUT2D eigenvalue weighted by atomic mass is 10.0. The first-order chi connectivity index (χ1) is 17.7. The standard InChI is InChI=1S/C28H29N3O5S/c1-31(28(34)24-18-25(32)30-36-24)26(19-10-14-21(35-2)15-11-19)27(33)29-20-12-16-23(17-13-20)37(3,4)22-8-6-5-7-9-22/h5-18,26H,1-4H3,(H,29,33)(H,30,32). The van der Waals surface area contributed by atoms with Crippen molar-refractivity contribution in [3.8, 4) is 11.6 Å². The van der Waals surface area contributed by atoms with Crippen molar-refractivity contribution in [3.63, 3.8) is 0 Å². The molecule has 0 aliphatic rings. The lowest BCUT2D eigenvalue weighted by Gasteiger charge is -2.32. The summed E-state index contributed by atoms with van der Waals surface area (Å²) in [6, 6.07) is 25.1. The second kappa shape index (κ2) is 10.8. The number of nitrogens with one attached hydrogen (secondary N) is 1. The number of carbonyl (C=O) groups excluding carboxylic acids is 2. The number of amides is 2. The molecule has 2 amide bonds. The van der Waals surface area contributed by atoms with Gasteiger partial charge in [0, 0.05) is 12.7 Å². The first-order valence-electron chi connectivity index (χ1n) is 11.5. The molecule has 0 fully saturated rings. The number of aromatic hydroxyl groups is 1. The summed E-state index contributed by atoms with van der Waals surface area (Å²) < 4.78 is 10.1. The summed E-state index contributed by atoms with van der Waals surface area (Å²) in [5, 5.41) is 15.8. The number of anilines is 1. The van der Waals surface area contributed by atoms with Crippen LogP contribution < -0.4 is 10.1 Å². The highest BCUT2D eigenvalue weighted by molar-refractivity contribution is 8.32. The third kappa shape index (κ3) is 5.62. The maximum absolute atomic E-state index is 13.5. The Morgan fingerprint density at radius 2 is 1.59 bits per heavy atom. The number of ether oxygens (including phenoxy) is 1. The highest BCUT2D eigenvalue weighted by atomic mass is 32.3. The molecule has 4 rings (SSSR count). The number of hydrogen-bond donors (Lipinski definition) is 2. The number of hydrogen-bond acceptors (Lipinski definition) is 6. The zero-order chi connectivity index (χ0) is 26.6. The van der Waals surface area contributed by atoms with Crippen LogP contribution in [0.4, 0.5) is 5.69 Å². The summed E-state index contributed by atoms with van der Waals surface area (Å²) in [6.07, 6.45) is 4.47. The van der Waals surface area contributed by atoms with E-state index < -0.39 is 33.8 Å². The van der Waals surface area contributed by atoms with Crippen LogP contribution in [-0.4, -0.2) is 53.6 Å². The maximum atomic E-state index is 13.5. The predicted molar refractivity (Wildman–Crippen MR) is 143 cm³/mol. The molecule has 0 spiro atoms. The van der Waals surface area contributed by atoms with Crippen molar-refractivity contribution in [2.75, 3.05) is 32.0 Å². The fraction of sp³-hybridized carbons (Fsp3) is 0.179. The molecule has 3 aromatic carbocycles. The minimum absolute atomic E-state index is 0.179. The van der Waals surface area contributed by atoms with E-state index in [4.69, 9.17) is 9.26 Å². The molecule has 1 heterocycles.